The third-order valence-corrected chi connectivity index (χ3v) is 6.72. The predicted molar refractivity (Wildman–Crippen MR) is 104 cm³/mol. The van der Waals surface area contributed by atoms with E-state index in [1.807, 2.05) is 24.3 Å². The lowest BCUT2D eigenvalue weighted by atomic mass is 9.55. The van der Waals surface area contributed by atoms with Crippen LogP contribution in [-0.2, 0) is 14.4 Å². The van der Waals surface area contributed by atoms with Gasteiger partial charge in [-0.05, 0) is 35.1 Å². The summed E-state index contributed by atoms with van der Waals surface area (Å²) < 4.78 is 0. The van der Waals surface area contributed by atoms with Crippen LogP contribution in [0.15, 0.2) is 48.5 Å². The molecule has 0 radical (unpaired) electrons. The van der Waals surface area contributed by atoms with Gasteiger partial charge in [0.1, 0.15) is 0 Å². The molecule has 1 heterocycles. The van der Waals surface area contributed by atoms with Gasteiger partial charge >= 0.3 is 0 Å². The Labute approximate surface area is 166 Å². The van der Waals surface area contributed by atoms with E-state index >= 15 is 0 Å². The molecule has 2 aromatic rings. The van der Waals surface area contributed by atoms with E-state index in [9.17, 15) is 9.59 Å². The summed E-state index contributed by atoms with van der Waals surface area (Å²) in [4.78, 5) is 32.0. The second-order valence-corrected chi connectivity index (χ2v) is 8.26. The second-order valence-electron chi connectivity index (χ2n) is 7.46. The fraction of sp³-hybridized carbons (Fsp3) is 0.364. The quantitative estimate of drug-likeness (QED) is 0.413. The zero-order valence-corrected chi connectivity index (χ0v) is 16.4. The van der Waals surface area contributed by atoms with Gasteiger partial charge in [0.15, 0.2) is 0 Å². The van der Waals surface area contributed by atoms with Crippen molar-refractivity contribution in [2.75, 3.05) is 11.9 Å². The van der Waals surface area contributed by atoms with Crippen LogP contribution >= 0.6 is 15.9 Å². The number of imide groups is 1. The molecule has 3 aliphatic carbocycles. The highest BCUT2D eigenvalue weighted by Gasteiger charge is 2.62. The largest absolute Gasteiger partial charge is 0.272 e. The number of benzene rings is 2. The Kier molecular flexibility index (Phi) is 4.17. The van der Waals surface area contributed by atoms with E-state index in [0.29, 0.717) is 6.61 Å². The molecule has 5 heteroatoms. The van der Waals surface area contributed by atoms with Gasteiger partial charge in [-0.15, -0.1) is 0 Å². The van der Waals surface area contributed by atoms with Crippen LogP contribution < -0.4 is 0 Å². The van der Waals surface area contributed by atoms with Crippen LogP contribution in [0.1, 0.15) is 46.9 Å². The summed E-state index contributed by atoms with van der Waals surface area (Å²) in [7, 11) is 0. The Morgan fingerprint density at radius 3 is 1.63 bits per heavy atom. The topological polar surface area (TPSA) is 46.6 Å². The predicted octanol–water partition coefficient (Wildman–Crippen LogP) is 3.99. The number of unbranched alkanes of at least 4 members (excludes halogenated alkanes) is 1. The zero-order valence-electron chi connectivity index (χ0n) is 14.8. The summed E-state index contributed by atoms with van der Waals surface area (Å²) in [5, 5.41) is 1.96. The van der Waals surface area contributed by atoms with Crippen molar-refractivity contribution in [3.8, 4) is 0 Å². The van der Waals surface area contributed by atoms with Crippen molar-refractivity contribution in [2.45, 2.75) is 24.7 Å². The number of alkyl halides is 1. The zero-order chi connectivity index (χ0) is 18.5. The molecule has 0 N–H and O–H groups in total. The maximum absolute atomic E-state index is 13.2. The maximum atomic E-state index is 13.2. The monoisotopic (exact) mass is 425 g/mol. The molecule has 138 valence electrons. The summed E-state index contributed by atoms with van der Waals surface area (Å²) >= 11 is 3.39. The lowest BCUT2D eigenvalue weighted by molar-refractivity contribution is -0.189. The summed E-state index contributed by atoms with van der Waals surface area (Å²) in [5.74, 6) is -1.21. The van der Waals surface area contributed by atoms with Crippen LogP contribution in [0.4, 0.5) is 0 Å². The number of nitrogens with zero attached hydrogens (tertiary/aromatic N) is 1. The molecule has 1 aliphatic heterocycles. The van der Waals surface area contributed by atoms with Gasteiger partial charge in [-0.3, -0.25) is 14.4 Å². The number of hydrogen-bond acceptors (Lipinski definition) is 3. The Balaban J connectivity index is 1.57. The molecule has 0 aromatic heterocycles. The number of hydrogen-bond donors (Lipinski definition) is 0. The fourth-order valence-corrected chi connectivity index (χ4v) is 5.53. The van der Waals surface area contributed by atoms with Crippen molar-refractivity contribution in [3.05, 3.63) is 70.8 Å². The molecule has 2 bridgehead atoms. The van der Waals surface area contributed by atoms with Crippen LogP contribution in [0.25, 0.3) is 0 Å². The van der Waals surface area contributed by atoms with Crippen molar-refractivity contribution in [3.63, 3.8) is 0 Å². The van der Waals surface area contributed by atoms with Crippen molar-refractivity contribution in [2.24, 2.45) is 11.8 Å². The Bertz CT molecular complexity index is 812. The molecule has 4 nitrogen and oxygen atoms in total. The number of amides is 2. The number of rotatable bonds is 5. The van der Waals surface area contributed by atoms with E-state index in [1.54, 1.807) is 0 Å². The first-order valence-corrected chi connectivity index (χ1v) is 10.6. The number of halogens is 1. The molecule has 1 fully saturated rings. The van der Waals surface area contributed by atoms with Gasteiger partial charge in [-0.2, -0.15) is 5.06 Å². The smallest absolute Gasteiger partial charge is 0.258 e. The number of carbonyl (C=O) groups excluding carboxylic acids is 2. The third-order valence-electron chi connectivity index (χ3n) is 6.16. The van der Waals surface area contributed by atoms with Gasteiger partial charge in [0, 0.05) is 17.2 Å². The molecule has 27 heavy (non-hydrogen) atoms. The summed E-state index contributed by atoms with van der Waals surface area (Å²) in [5.41, 5.74) is 4.74. The summed E-state index contributed by atoms with van der Waals surface area (Å²) in [6.07, 6.45) is 1.76. The molecule has 0 saturated carbocycles. The van der Waals surface area contributed by atoms with Crippen LogP contribution in [0.2, 0.25) is 0 Å². The van der Waals surface area contributed by atoms with E-state index in [4.69, 9.17) is 4.84 Å². The highest BCUT2D eigenvalue weighted by molar-refractivity contribution is 9.09. The fourth-order valence-electron chi connectivity index (χ4n) is 5.13. The standard InChI is InChI=1S/C22H20BrNO3/c23-11-5-6-12-27-24-21(25)19-17-13-7-1-2-8-14(13)18(20(19)22(24)26)16-10-4-3-9-15(16)17/h1-4,7-10,17-20H,5-6,11-12H2. The average molecular weight is 426 g/mol. The Hall–Kier alpha value is -1.98. The number of carbonyl (C=O) groups is 2. The highest BCUT2D eigenvalue weighted by Crippen LogP contribution is 2.60. The number of hydroxylamine groups is 2. The van der Waals surface area contributed by atoms with Crippen LogP contribution in [0.3, 0.4) is 0 Å². The van der Waals surface area contributed by atoms with Gasteiger partial charge in [0.25, 0.3) is 11.8 Å². The average Bonchev–Trinajstić information content (AvgIpc) is 2.96. The molecule has 1 saturated heterocycles. The van der Waals surface area contributed by atoms with Crippen molar-refractivity contribution < 1.29 is 14.4 Å². The lowest BCUT2D eigenvalue weighted by Gasteiger charge is -2.45. The van der Waals surface area contributed by atoms with E-state index in [2.05, 4.69) is 40.2 Å². The van der Waals surface area contributed by atoms with Crippen LogP contribution in [-0.4, -0.2) is 28.8 Å². The van der Waals surface area contributed by atoms with Crippen LogP contribution in [0.5, 0.6) is 0 Å². The van der Waals surface area contributed by atoms with Gasteiger partial charge < -0.3 is 0 Å². The molecular formula is C22H20BrNO3. The molecule has 2 atom stereocenters. The van der Waals surface area contributed by atoms with Crippen molar-refractivity contribution in [1.82, 2.24) is 5.06 Å². The first-order valence-electron chi connectivity index (χ1n) is 9.48. The molecule has 6 rings (SSSR count). The third kappa shape index (κ3) is 2.38. The van der Waals surface area contributed by atoms with Crippen LogP contribution in [0, 0.1) is 11.8 Å². The van der Waals surface area contributed by atoms with Gasteiger partial charge in [0.2, 0.25) is 0 Å². The first kappa shape index (κ1) is 17.1. The molecule has 2 unspecified atom stereocenters. The SMILES string of the molecule is O=C1C2C3c4ccccc4C(c4ccccc43)C2C(=O)N1OCCCCBr. The minimum absolute atomic E-state index is 0.0695. The first-order chi connectivity index (χ1) is 13.2. The van der Waals surface area contributed by atoms with E-state index in [1.165, 1.54) is 22.3 Å². The maximum Gasteiger partial charge on any atom is 0.258 e. The van der Waals surface area contributed by atoms with Gasteiger partial charge in [-0.1, -0.05) is 64.5 Å². The minimum Gasteiger partial charge on any atom is -0.272 e. The molecule has 2 amide bonds. The summed E-state index contributed by atoms with van der Waals surface area (Å²) in [6.45, 7) is 0.387. The van der Waals surface area contributed by atoms with E-state index in [0.717, 1.165) is 23.2 Å². The normalized spacial score (nSPS) is 27.5. The molecule has 4 aliphatic rings. The Morgan fingerprint density at radius 1 is 0.778 bits per heavy atom. The van der Waals surface area contributed by atoms with E-state index in [-0.39, 0.29) is 35.5 Å². The highest BCUT2D eigenvalue weighted by atomic mass is 79.9. The van der Waals surface area contributed by atoms with Crippen molar-refractivity contribution in [1.29, 1.82) is 0 Å². The molecule has 0 spiro atoms. The van der Waals surface area contributed by atoms with Crippen molar-refractivity contribution >= 4 is 27.7 Å². The second kappa shape index (κ2) is 6.57. The minimum atomic E-state index is -0.358. The molecule has 2 aromatic carbocycles. The molecular weight excluding hydrogens is 406 g/mol. The Morgan fingerprint density at radius 2 is 1.22 bits per heavy atom. The van der Waals surface area contributed by atoms with Gasteiger partial charge in [-0.25, -0.2) is 0 Å². The summed E-state index contributed by atoms with van der Waals surface area (Å²) in [6, 6.07) is 16.5. The lowest BCUT2D eigenvalue weighted by Crippen LogP contribution is -2.41. The van der Waals surface area contributed by atoms with Gasteiger partial charge in [0.05, 0.1) is 18.4 Å². The van der Waals surface area contributed by atoms with E-state index < -0.39 is 0 Å².